The van der Waals surface area contributed by atoms with Crippen LogP contribution in [0.4, 0.5) is 0 Å². The summed E-state index contributed by atoms with van der Waals surface area (Å²) in [6, 6.07) is 8.24. The van der Waals surface area contributed by atoms with E-state index in [1.54, 1.807) is 0 Å². The summed E-state index contributed by atoms with van der Waals surface area (Å²) < 4.78 is 5.67. The quantitative estimate of drug-likeness (QED) is 0.778. The second-order valence-electron chi connectivity index (χ2n) is 7.22. The average Bonchev–Trinajstić information content (AvgIpc) is 3.01. The largest absolute Gasteiger partial charge is 0.449 e. The molecule has 2 heterocycles. The summed E-state index contributed by atoms with van der Waals surface area (Å²) in [6.45, 7) is 2.94. The van der Waals surface area contributed by atoms with Gasteiger partial charge in [0.15, 0.2) is 0 Å². The summed E-state index contributed by atoms with van der Waals surface area (Å²) in [5.41, 5.74) is 1.50. The first-order valence-corrected chi connectivity index (χ1v) is 9.28. The Labute approximate surface area is 147 Å². The third kappa shape index (κ3) is 2.97. The van der Waals surface area contributed by atoms with Crippen molar-refractivity contribution >= 4 is 22.1 Å². The molecule has 132 valence electrons. The Morgan fingerprint density at radius 3 is 2.92 bits per heavy atom. The lowest BCUT2D eigenvalue weighted by Gasteiger charge is -2.37. The molecule has 0 saturated heterocycles. The number of nitrogens with zero attached hydrogens (tertiary/aromatic N) is 2. The van der Waals surface area contributed by atoms with E-state index in [4.69, 9.17) is 9.40 Å². The van der Waals surface area contributed by atoms with E-state index in [1.807, 2.05) is 24.3 Å². The molecule has 0 aliphatic heterocycles. The second kappa shape index (κ2) is 6.64. The van der Waals surface area contributed by atoms with Gasteiger partial charge in [-0.1, -0.05) is 38.3 Å². The number of para-hydroxylation sites is 1. The van der Waals surface area contributed by atoms with Crippen LogP contribution in [0, 0.1) is 5.92 Å². The monoisotopic (exact) mass is 339 g/mol. The van der Waals surface area contributed by atoms with Crippen molar-refractivity contribution < 1.29 is 4.42 Å². The van der Waals surface area contributed by atoms with Gasteiger partial charge < -0.3 is 9.40 Å². The number of aromatic amines is 1. The SMILES string of the molecule is CC[C@H]1CCCC[C@H]1N(C)Cc1nc2c(oc3ccccc32)c(=O)[nH]1. The Hall–Kier alpha value is -2.14. The van der Waals surface area contributed by atoms with Gasteiger partial charge in [0.25, 0.3) is 5.56 Å². The number of rotatable bonds is 4. The summed E-state index contributed by atoms with van der Waals surface area (Å²) in [5.74, 6) is 1.45. The standard InChI is InChI=1S/C20H25N3O2/c1-3-13-8-4-6-10-15(13)23(2)12-17-21-18-14-9-5-7-11-16(14)25-19(18)20(24)22-17/h5,7,9,11,13,15H,3-4,6,8,10,12H2,1-2H3,(H,21,22,24)/t13-,15+/m0/s1. The summed E-state index contributed by atoms with van der Waals surface area (Å²) in [5, 5.41) is 0.900. The van der Waals surface area contributed by atoms with Crippen molar-refractivity contribution in [1.29, 1.82) is 0 Å². The van der Waals surface area contributed by atoms with Crippen molar-refractivity contribution in [3.8, 4) is 0 Å². The third-order valence-electron chi connectivity index (χ3n) is 5.64. The van der Waals surface area contributed by atoms with Crippen LogP contribution >= 0.6 is 0 Å². The van der Waals surface area contributed by atoms with Crippen molar-refractivity contribution in [3.05, 3.63) is 40.4 Å². The maximum atomic E-state index is 12.4. The lowest BCUT2D eigenvalue weighted by Crippen LogP contribution is -2.40. The highest BCUT2D eigenvalue weighted by Gasteiger charge is 2.27. The molecule has 1 N–H and O–H groups in total. The van der Waals surface area contributed by atoms with Gasteiger partial charge in [-0.2, -0.15) is 0 Å². The van der Waals surface area contributed by atoms with E-state index in [2.05, 4.69) is 23.9 Å². The van der Waals surface area contributed by atoms with Gasteiger partial charge >= 0.3 is 0 Å². The van der Waals surface area contributed by atoms with Crippen molar-refractivity contribution in [2.75, 3.05) is 7.05 Å². The maximum Gasteiger partial charge on any atom is 0.294 e. The molecule has 2 aromatic heterocycles. The molecule has 0 unspecified atom stereocenters. The zero-order chi connectivity index (χ0) is 17.4. The van der Waals surface area contributed by atoms with Gasteiger partial charge in [0, 0.05) is 11.4 Å². The number of hydrogen-bond acceptors (Lipinski definition) is 4. The highest BCUT2D eigenvalue weighted by atomic mass is 16.3. The van der Waals surface area contributed by atoms with Crippen LogP contribution in [0.5, 0.6) is 0 Å². The molecule has 1 aliphatic rings. The molecule has 5 heteroatoms. The predicted octanol–water partition coefficient (Wildman–Crippen LogP) is 4.07. The summed E-state index contributed by atoms with van der Waals surface area (Å²) in [7, 11) is 2.15. The lowest BCUT2D eigenvalue weighted by molar-refractivity contribution is 0.118. The molecule has 1 aromatic carbocycles. The van der Waals surface area contributed by atoms with Crippen molar-refractivity contribution in [3.63, 3.8) is 0 Å². The number of fused-ring (bicyclic) bond motifs is 3. The van der Waals surface area contributed by atoms with Crippen LogP contribution in [0.15, 0.2) is 33.5 Å². The molecule has 0 bridgehead atoms. The molecule has 0 spiro atoms. The van der Waals surface area contributed by atoms with Crippen LogP contribution in [-0.2, 0) is 6.54 Å². The van der Waals surface area contributed by atoms with Gasteiger partial charge in [-0.25, -0.2) is 4.98 Å². The predicted molar refractivity (Wildman–Crippen MR) is 99.6 cm³/mol. The molecule has 3 aromatic rings. The van der Waals surface area contributed by atoms with Crippen LogP contribution in [0.1, 0.15) is 44.9 Å². The minimum Gasteiger partial charge on any atom is -0.449 e. The Morgan fingerprint density at radius 1 is 1.28 bits per heavy atom. The van der Waals surface area contributed by atoms with E-state index in [0.717, 1.165) is 11.3 Å². The summed E-state index contributed by atoms with van der Waals surface area (Å²) in [6.07, 6.45) is 6.38. The smallest absolute Gasteiger partial charge is 0.294 e. The molecule has 4 rings (SSSR count). The van der Waals surface area contributed by atoms with Gasteiger partial charge in [-0.05, 0) is 37.9 Å². The number of nitrogens with one attached hydrogen (secondary N) is 1. The van der Waals surface area contributed by atoms with E-state index in [1.165, 1.54) is 32.1 Å². The Balaban J connectivity index is 1.67. The average molecular weight is 339 g/mol. The van der Waals surface area contributed by atoms with Crippen LogP contribution in [0.3, 0.4) is 0 Å². The van der Waals surface area contributed by atoms with Crippen molar-refractivity contribution in [1.82, 2.24) is 14.9 Å². The van der Waals surface area contributed by atoms with Crippen molar-refractivity contribution in [2.45, 2.75) is 51.6 Å². The number of benzene rings is 1. The zero-order valence-corrected chi connectivity index (χ0v) is 14.9. The minimum atomic E-state index is -0.194. The fourth-order valence-electron chi connectivity index (χ4n) is 4.32. The fourth-order valence-corrected chi connectivity index (χ4v) is 4.32. The van der Waals surface area contributed by atoms with E-state index in [-0.39, 0.29) is 5.56 Å². The minimum absolute atomic E-state index is 0.194. The van der Waals surface area contributed by atoms with Crippen LogP contribution in [-0.4, -0.2) is 28.0 Å². The van der Waals surface area contributed by atoms with E-state index < -0.39 is 0 Å². The Kier molecular flexibility index (Phi) is 4.34. The molecule has 1 saturated carbocycles. The molecular weight excluding hydrogens is 314 g/mol. The second-order valence-corrected chi connectivity index (χ2v) is 7.22. The van der Waals surface area contributed by atoms with Gasteiger partial charge in [0.2, 0.25) is 5.58 Å². The molecule has 0 amide bonds. The summed E-state index contributed by atoms with van der Waals surface area (Å²) >= 11 is 0. The fraction of sp³-hybridized carbons (Fsp3) is 0.500. The number of furan rings is 1. The zero-order valence-electron chi connectivity index (χ0n) is 14.9. The first kappa shape index (κ1) is 16.3. The summed E-state index contributed by atoms with van der Waals surface area (Å²) in [4.78, 5) is 22.4. The van der Waals surface area contributed by atoms with Gasteiger partial charge in [0.05, 0.1) is 6.54 Å². The van der Waals surface area contributed by atoms with E-state index in [0.29, 0.717) is 35.1 Å². The Morgan fingerprint density at radius 2 is 2.08 bits per heavy atom. The van der Waals surface area contributed by atoms with Crippen LogP contribution in [0.2, 0.25) is 0 Å². The third-order valence-corrected chi connectivity index (χ3v) is 5.64. The molecule has 1 aliphatic carbocycles. The number of aromatic nitrogens is 2. The van der Waals surface area contributed by atoms with Gasteiger partial charge in [-0.3, -0.25) is 9.69 Å². The molecule has 1 fully saturated rings. The maximum absolute atomic E-state index is 12.4. The topological polar surface area (TPSA) is 62.1 Å². The lowest BCUT2D eigenvalue weighted by atomic mass is 9.82. The first-order valence-electron chi connectivity index (χ1n) is 9.28. The molecular formula is C20H25N3O2. The van der Waals surface area contributed by atoms with E-state index >= 15 is 0 Å². The highest BCUT2D eigenvalue weighted by molar-refractivity contribution is 6.01. The van der Waals surface area contributed by atoms with Crippen LogP contribution in [0.25, 0.3) is 22.1 Å². The normalized spacial score (nSPS) is 21.4. The van der Waals surface area contributed by atoms with Crippen molar-refractivity contribution in [2.24, 2.45) is 5.92 Å². The number of H-pyrrole nitrogens is 1. The van der Waals surface area contributed by atoms with Crippen LogP contribution < -0.4 is 5.56 Å². The van der Waals surface area contributed by atoms with Gasteiger partial charge in [-0.15, -0.1) is 0 Å². The molecule has 0 radical (unpaired) electrons. The highest BCUT2D eigenvalue weighted by Crippen LogP contribution is 2.31. The molecule has 2 atom stereocenters. The Bertz CT molecular complexity index is 943. The van der Waals surface area contributed by atoms with E-state index in [9.17, 15) is 4.79 Å². The van der Waals surface area contributed by atoms with Gasteiger partial charge in [0.1, 0.15) is 16.9 Å². The molecule has 5 nitrogen and oxygen atoms in total. The first-order chi connectivity index (χ1) is 12.2. The number of hydrogen-bond donors (Lipinski definition) is 1. The molecule has 25 heavy (non-hydrogen) atoms.